The van der Waals surface area contributed by atoms with Gasteiger partial charge in [-0.05, 0) is 56.0 Å². The number of nitrogens with one attached hydrogen (secondary N) is 1. The van der Waals surface area contributed by atoms with Crippen LogP contribution in [0.2, 0.25) is 5.02 Å². The number of nitrogens with zero attached hydrogens (tertiary/aromatic N) is 2. The van der Waals surface area contributed by atoms with Crippen molar-refractivity contribution in [1.29, 1.82) is 0 Å². The van der Waals surface area contributed by atoms with Gasteiger partial charge >= 0.3 is 0 Å². The van der Waals surface area contributed by atoms with Crippen molar-refractivity contribution < 1.29 is 9.72 Å². The molecule has 136 valence electrons. The van der Waals surface area contributed by atoms with Gasteiger partial charge in [-0.2, -0.15) is 0 Å². The van der Waals surface area contributed by atoms with Crippen LogP contribution in [0.25, 0.3) is 0 Å². The Bertz CT molecular complexity index is 848. The number of amides is 1. The van der Waals surface area contributed by atoms with E-state index in [4.69, 9.17) is 11.6 Å². The Morgan fingerprint density at radius 1 is 1.19 bits per heavy atom. The monoisotopic (exact) mass is 373 g/mol. The van der Waals surface area contributed by atoms with Gasteiger partial charge in [0.25, 0.3) is 11.6 Å². The Morgan fingerprint density at radius 2 is 1.92 bits per heavy atom. The normalized spacial score (nSPS) is 14.2. The standard InChI is InChI=1S/C19H20ClN3O3/c1-13-15(20)6-5-7-16(13)21-19(24)14-8-9-17(18(12-14)23(25)26)22-10-3-2-4-11-22/h5-9,12H,2-4,10-11H2,1H3,(H,21,24). The van der Waals surface area contributed by atoms with Crippen LogP contribution in [0.4, 0.5) is 17.1 Å². The first kappa shape index (κ1) is 18.2. The van der Waals surface area contributed by atoms with Crippen LogP contribution in [0.1, 0.15) is 35.2 Å². The number of anilines is 2. The van der Waals surface area contributed by atoms with Crippen molar-refractivity contribution in [2.75, 3.05) is 23.3 Å². The average molecular weight is 374 g/mol. The van der Waals surface area contributed by atoms with Gasteiger partial charge in [0.1, 0.15) is 5.69 Å². The molecule has 2 aromatic rings. The summed E-state index contributed by atoms with van der Waals surface area (Å²) in [4.78, 5) is 25.7. The van der Waals surface area contributed by atoms with E-state index in [-0.39, 0.29) is 11.3 Å². The Morgan fingerprint density at radius 3 is 2.62 bits per heavy atom. The number of nitro benzene ring substituents is 1. The van der Waals surface area contributed by atoms with Gasteiger partial charge in [-0.3, -0.25) is 14.9 Å². The zero-order valence-electron chi connectivity index (χ0n) is 14.5. The Labute approximate surface area is 156 Å². The minimum absolute atomic E-state index is 0.0395. The molecule has 6 nitrogen and oxygen atoms in total. The van der Waals surface area contributed by atoms with Crippen LogP contribution in [0.15, 0.2) is 36.4 Å². The van der Waals surface area contributed by atoms with E-state index < -0.39 is 10.8 Å². The third-order valence-corrected chi connectivity index (χ3v) is 5.06. The van der Waals surface area contributed by atoms with Gasteiger partial charge in [0.05, 0.1) is 4.92 Å². The van der Waals surface area contributed by atoms with Crippen LogP contribution in [0.5, 0.6) is 0 Å². The molecule has 0 aromatic heterocycles. The van der Waals surface area contributed by atoms with Crippen LogP contribution in [0.3, 0.4) is 0 Å². The van der Waals surface area contributed by atoms with Crippen molar-refractivity contribution >= 4 is 34.6 Å². The maximum absolute atomic E-state index is 12.5. The lowest BCUT2D eigenvalue weighted by Crippen LogP contribution is -2.30. The molecule has 1 aliphatic heterocycles. The summed E-state index contributed by atoms with van der Waals surface area (Å²) < 4.78 is 0. The summed E-state index contributed by atoms with van der Waals surface area (Å²) in [6.07, 6.45) is 3.19. The van der Waals surface area contributed by atoms with E-state index in [1.54, 1.807) is 37.3 Å². The summed E-state index contributed by atoms with van der Waals surface area (Å²) in [6, 6.07) is 9.88. The summed E-state index contributed by atoms with van der Waals surface area (Å²) in [5.41, 5.74) is 2.12. The van der Waals surface area contributed by atoms with Crippen LogP contribution in [-0.4, -0.2) is 23.9 Å². The highest BCUT2D eigenvalue weighted by atomic mass is 35.5. The molecule has 3 rings (SSSR count). The predicted octanol–water partition coefficient (Wildman–Crippen LogP) is 4.80. The van der Waals surface area contributed by atoms with E-state index in [2.05, 4.69) is 5.32 Å². The van der Waals surface area contributed by atoms with Crippen molar-refractivity contribution in [3.05, 3.63) is 62.7 Å². The van der Waals surface area contributed by atoms with Crippen molar-refractivity contribution in [1.82, 2.24) is 0 Å². The molecular weight excluding hydrogens is 354 g/mol. The number of carbonyl (C=O) groups excluding carboxylic acids is 1. The molecule has 0 atom stereocenters. The quantitative estimate of drug-likeness (QED) is 0.617. The van der Waals surface area contributed by atoms with Crippen molar-refractivity contribution in [2.45, 2.75) is 26.2 Å². The van der Waals surface area contributed by atoms with E-state index >= 15 is 0 Å². The molecule has 0 saturated carbocycles. The second kappa shape index (κ2) is 7.74. The zero-order valence-corrected chi connectivity index (χ0v) is 15.3. The fourth-order valence-electron chi connectivity index (χ4n) is 3.15. The minimum atomic E-state index is -0.425. The molecule has 1 heterocycles. The molecule has 1 saturated heterocycles. The SMILES string of the molecule is Cc1c(Cl)cccc1NC(=O)c1ccc(N2CCCCC2)c([N+](=O)[O-])c1. The molecule has 1 aliphatic rings. The van der Waals surface area contributed by atoms with Gasteiger partial charge in [0, 0.05) is 35.4 Å². The van der Waals surface area contributed by atoms with E-state index in [1.807, 2.05) is 4.90 Å². The summed E-state index contributed by atoms with van der Waals surface area (Å²) in [5.74, 6) is -0.399. The molecule has 0 radical (unpaired) electrons. The van der Waals surface area contributed by atoms with Crippen LogP contribution in [-0.2, 0) is 0 Å². The number of hydrogen-bond donors (Lipinski definition) is 1. The smallest absolute Gasteiger partial charge is 0.293 e. The van der Waals surface area contributed by atoms with Crippen LogP contribution < -0.4 is 10.2 Å². The fraction of sp³-hybridized carbons (Fsp3) is 0.316. The van der Waals surface area contributed by atoms with Crippen molar-refractivity contribution in [3.63, 3.8) is 0 Å². The van der Waals surface area contributed by atoms with Crippen molar-refractivity contribution in [3.8, 4) is 0 Å². The molecule has 7 heteroatoms. The van der Waals surface area contributed by atoms with Gasteiger partial charge in [-0.1, -0.05) is 17.7 Å². The first-order valence-corrected chi connectivity index (χ1v) is 8.95. The van der Waals surface area contributed by atoms with Crippen LogP contribution in [0, 0.1) is 17.0 Å². The first-order valence-electron chi connectivity index (χ1n) is 8.57. The minimum Gasteiger partial charge on any atom is -0.366 e. The third kappa shape index (κ3) is 3.80. The Balaban J connectivity index is 1.88. The van der Waals surface area contributed by atoms with Crippen LogP contribution >= 0.6 is 11.6 Å². The zero-order chi connectivity index (χ0) is 18.7. The summed E-state index contributed by atoms with van der Waals surface area (Å²) >= 11 is 6.07. The summed E-state index contributed by atoms with van der Waals surface area (Å²) in [6.45, 7) is 3.40. The number of benzene rings is 2. The molecule has 2 aromatic carbocycles. The molecular formula is C19H20ClN3O3. The molecule has 0 spiro atoms. The lowest BCUT2D eigenvalue weighted by atomic mass is 10.1. The van der Waals surface area contributed by atoms with Gasteiger partial charge in [-0.25, -0.2) is 0 Å². The molecule has 1 N–H and O–H groups in total. The molecule has 26 heavy (non-hydrogen) atoms. The van der Waals surface area contributed by atoms with Gasteiger partial charge in [0.2, 0.25) is 0 Å². The molecule has 0 aliphatic carbocycles. The van der Waals surface area contributed by atoms with E-state index in [0.717, 1.165) is 37.9 Å². The van der Waals surface area contributed by atoms with Gasteiger partial charge in [-0.15, -0.1) is 0 Å². The molecule has 0 unspecified atom stereocenters. The maximum Gasteiger partial charge on any atom is 0.293 e. The predicted molar refractivity (Wildman–Crippen MR) is 103 cm³/mol. The van der Waals surface area contributed by atoms with E-state index in [1.165, 1.54) is 6.07 Å². The second-order valence-electron chi connectivity index (χ2n) is 6.37. The number of nitro groups is 1. The molecule has 0 bridgehead atoms. The summed E-state index contributed by atoms with van der Waals surface area (Å²) in [7, 11) is 0. The lowest BCUT2D eigenvalue weighted by molar-refractivity contribution is -0.384. The highest BCUT2D eigenvalue weighted by Gasteiger charge is 2.23. The molecule has 1 fully saturated rings. The number of halogens is 1. The van der Waals surface area contributed by atoms with E-state index in [9.17, 15) is 14.9 Å². The topological polar surface area (TPSA) is 75.5 Å². The average Bonchev–Trinajstić information content (AvgIpc) is 2.65. The highest BCUT2D eigenvalue weighted by molar-refractivity contribution is 6.31. The van der Waals surface area contributed by atoms with E-state index in [0.29, 0.717) is 16.4 Å². The number of piperidine rings is 1. The fourth-order valence-corrected chi connectivity index (χ4v) is 3.33. The highest BCUT2D eigenvalue weighted by Crippen LogP contribution is 2.32. The molecule has 1 amide bonds. The second-order valence-corrected chi connectivity index (χ2v) is 6.78. The van der Waals surface area contributed by atoms with Crippen molar-refractivity contribution in [2.24, 2.45) is 0 Å². The number of carbonyl (C=O) groups is 1. The third-order valence-electron chi connectivity index (χ3n) is 4.65. The maximum atomic E-state index is 12.5. The Kier molecular flexibility index (Phi) is 5.42. The van der Waals surface area contributed by atoms with Gasteiger partial charge in [0.15, 0.2) is 0 Å². The summed E-state index contributed by atoms with van der Waals surface area (Å²) in [5, 5.41) is 14.8. The largest absolute Gasteiger partial charge is 0.366 e. The number of hydrogen-bond acceptors (Lipinski definition) is 4. The van der Waals surface area contributed by atoms with Gasteiger partial charge < -0.3 is 10.2 Å². The lowest BCUT2D eigenvalue weighted by Gasteiger charge is -2.28. The number of rotatable bonds is 4. The Hall–Kier alpha value is -2.60. The first-order chi connectivity index (χ1) is 12.5.